The molecular weight excluding hydrogens is 108 g/mol. The fourth-order valence-electron chi connectivity index (χ4n) is 0.353. The van der Waals surface area contributed by atoms with Crippen LogP contribution in [0.5, 0.6) is 0 Å². The monoisotopic (exact) mass is 120 g/mol. The van der Waals surface area contributed by atoms with Crippen molar-refractivity contribution in [2.75, 3.05) is 6.61 Å². The van der Waals surface area contributed by atoms with E-state index in [2.05, 4.69) is 0 Å². The van der Waals surface area contributed by atoms with E-state index in [-0.39, 0.29) is 12.7 Å². The predicted molar refractivity (Wildman–Crippen MR) is 32.5 cm³/mol. The van der Waals surface area contributed by atoms with Crippen molar-refractivity contribution in [1.29, 1.82) is 0 Å². The normalized spacial score (nSPS) is 14.6. The second-order valence-corrected chi connectivity index (χ2v) is 2.39. The molecule has 1 unspecified atom stereocenters. The Hall–Kier alpha value is 0.137. The summed E-state index contributed by atoms with van der Waals surface area (Å²) in [6, 6.07) is 0.876. The smallest absolute Gasteiger partial charge is 0.0530 e. The SMILES string of the molecule is OCCC(O)C[SiH3]. The maximum absolute atomic E-state index is 8.73. The Morgan fingerprint density at radius 2 is 2.14 bits per heavy atom. The van der Waals surface area contributed by atoms with Gasteiger partial charge in [-0.15, -0.1) is 0 Å². The molecule has 0 saturated carbocycles. The molecule has 0 aromatic carbocycles. The Morgan fingerprint density at radius 1 is 1.57 bits per heavy atom. The third-order valence-corrected chi connectivity index (χ3v) is 1.88. The highest BCUT2D eigenvalue weighted by molar-refractivity contribution is 6.08. The highest BCUT2D eigenvalue weighted by Gasteiger charge is 1.95. The first-order chi connectivity index (χ1) is 3.31. The predicted octanol–water partition coefficient (Wildman–Crippen LogP) is -1.49. The Labute approximate surface area is 46.6 Å². The van der Waals surface area contributed by atoms with Gasteiger partial charge >= 0.3 is 0 Å². The van der Waals surface area contributed by atoms with E-state index in [4.69, 9.17) is 10.2 Å². The molecule has 7 heavy (non-hydrogen) atoms. The zero-order valence-corrected chi connectivity index (χ0v) is 6.59. The van der Waals surface area contributed by atoms with Crippen molar-refractivity contribution in [3.8, 4) is 0 Å². The van der Waals surface area contributed by atoms with Crippen LogP contribution in [0.3, 0.4) is 0 Å². The maximum atomic E-state index is 8.73. The number of hydrogen-bond acceptors (Lipinski definition) is 2. The Kier molecular flexibility index (Phi) is 4.38. The minimum atomic E-state index is -0.239. The van der Waals surface area contributed by atoms with Gasteiger partial charge in [0.05, 0.1) is 6.10 Å². The summed E-state index contributed by atoms with van der Waals surface area (Å²) in [7, 11) is 1.03. The van der Waals surface area contributed by atoms with E-state index in [0.29, 0.717) is 6.42 Å². The van der Waals surface area contributed by atoms with Gasteiger partial charge in [-0.05, 0) is 12.5 Å². The van der Waals surface area contributed by atoms with Crippen LogP contribution in [0.4, 0.5) is 0 Å². The van der Waals surface area contributed by atoms with Crippen LogP contribution in [-0.4, -0.2) is 33.2 Å². The summed E-state index contributed by atoms with van der Waals surface area (Å²) >= 11 is 0. The van der Waals surface area contributed by atoms with Crippen molar-refractivity contribution in [3.05, 3.63) is 0 Å². The molecule has 1 atom stereocenters. The lowest BCUT2D eigenvalue weighted by molar-refractivity contribution is 0.149. The molecule has 0 aliphatic carbocycles. The summed E-state index contributed by atoms with van der Waals surface area (Å²) in [5, 5.41) is 17.0. The Balaban J connectivity index is 2.83. The summed E-state index contributed by atoms with van der Waals surface area (Å²) in [6.45, 7) is 0.114. The van der Waals surface area contributed by atoms with Crippen LogP contribution >= 0.6 is 0 Å². The largest absolute Gasteiger partial charge is 0.396 e. The van der Waals surface area contributed by atoms with E-state index < -0.39 is 0 Å². The average Bonchev–Trinajstić information content (AvgIpc) is 1.68. The van der Waals surface area contributed by atoms with Crippen LogP contribution in [0.25, 0.3) is 0 Å². The zero-order chi connectivity index (χ0) is 5.70. The summed E-state index contributed by atoms with van der Waals surface area (Å²) in [4.78, 5) is 0. The van der Waals surface area contributed by atoms with Crippen molar-refractivity contribution < 1.29 is 10.2 Å². The van der Waals surface area contributed by atoms with Gasteiger partial charge in [-0.1, -0.05) is 0 Å². The fraction of sp³-hybridized carbons (Fsp3) is 1.00. The molecule has 0 aliphatic heterocycles. The lowest BCUT2D eigenvalue weighted by Gasteiger charge is -2.01. The van der Waals surface area contributed by atoms with Gasteiger partial charge in [0.15, 0.2) is 0 Å². The van der Waals surface area contributed by atoms with Crippen LogP contribution in [-0.2, 0) is 0 Å². The molecule has 0 aromatic heterocycles. The minimum Gasteiger partial charge on any atom is -0.396 e. The molecule has 0 fully saturated rings. The number of rotatable bonds is 3. The topological polar surface area (TPSA) is 40.5 Å². The molecular formula is C4H12O2Si. The standard InChI is InChI=1S/C4H12O2Si/c5-2-1-4(6)3-7/h4-6H,1-3H2,7H3. The number of hydrogen-bond donors (Lipinski definition) is 2. The molecule has 44 valence electrons. The third kappa shape index (κ3) is 3.98. The van der Waals surface area contributed by atoms with E-state index in [1.165, 1.54) is 0 Å². The summed E-state index contributed by atoms with van der Waals surface area (Å²) < 4.78 is 0. The molecule has 0 radical (unpaired) electrons. The Morgan fingerprint density at radius 3 is 2.29 bits per heavy atom. The van der Waals surface area contributed by atoms with Crippen molar-refractivity contribution in [3.63, 3.8) is 0 Å². The van der Waals surface area contributed by atoms with Gasteiger partial charge in [-0.25, -0.2) is 0 Å². The van der Waals surface area contributed by atoms with Crippen LogP contribution in [0.1, 0.15) is 6.42 Å². The molecule has 0 aromatic rings. The van der Waals surface area contributed by atoms with Gasteiger partial charge in [0.25, 0.3) is 0 Å². The van der Waals surface area contributed by atoms with E-state index in [0.717, 1.165) is 16.3 Å². The second kappa shape index (κ2) is 4.30. The summed E-state index contributed by atoms with van der Waals surface area (Å²) in [5.41, 5.74) is 0. The molecule has 0 rings (SSSR count). The minimum absolute atomic E-state index is 0.114. The van der Waals surface area contributed by atoms with Gasteiger partial charge in [-0.3, -0.25) is 0 Å². The van der Waals surface area contributed by atoms with E-state index in [1.807, 2.05) is 0 Å². The van der Waals surface area contributed by atoms with E-state index in [1.54, 1.807) is 0 Å². The van der Waals surface area contributed by atoms with Gasteiger partial charge in [-0.2, -0.15) is 0 Å². The molecule has 2 N–H and O–H groups in total. The molecule has 0 aliphatic rings. The molecule has 0 spiro atoms. The first-order valence-electron chi connectivity index (χ1n) is 2.60. The van der Waals surface area contributed by atoms with Crippen LogP contribution in [0.15, 0.2) is 0 Å². The quantitative estimate of drug-likeness (QED) is 0.446. The van der Waals surface area contributed by atoms with Gasteiger partial charge in [0, 0.05) is 16.8 Å². The first-order valence-corrected chi connectivity index (χ1v) is 4.01. The number of aliphatic hydroxyl groups is 2. The van der Waals surface area contributed by atoms with Crippen molar-refractivity contribution in [2.24, 2.45) is 0 Å². The van der Waals surface area contributed by atoms with Crippen molar-refractivity contribution >= 4 is 10.2 Å². The van der Waals surface area contributed by atoms with E-state index >= 15 is 0 Å². The highest BCUT2D eigenvalue weighted by atomic mass is 28.1. The third-order valence-electron chi connectivity index (χ3n) is 0.934. The summed E-state index contributed by atoms with van der Waals surface area (Å²) in [6.07, 6.45) is 0.306. The molecule has 2 nitrogen and oxygen atoms in total. The summed E-state index contributed by atoms with van der Waals surface area (Å²) in [5.74, 6) is 0. The lowest BCUT2D eigenvalue weighted by atomic mass is 10.3. The van der Waals surface area contributed by atoms with Crippen LogP contribution < -0.4 is 0 Å². The fourth-order valence-corrected chi connectivity index (χ4v) is 0.761. The molecule has 0 heterocycles. The highest BCUT2D eigenvalue weighted by Crippen LogP contribution is 1.91. The molecule has 0 amide bonds. The van der Waals surface area contributed by atoms with E-state index in [9.17, 15) is 0 Å². The van der Waals surface area contributed by atoms with Crippen molar-refractivity contribution in [2.45, 2.75) is 18.6 Å². The first kappa shape index (κ1) is 7.14. The molecule has 0 saturated heterocycles. The Bertz CT molecular complexity index is 40.7. The van der Waals surface area contributed by atoms with Gasteiger partial charge < -0.3 is 10.2 Å². The average molecular weight is 120 g/mol. The van der Waals surface area contributed by atoms with Crippen LogP contribution in [0.2, 0.25) is 6.04 Å². The molecule has 0 bridgehead atoms. The molecule has 3 heteroatoms. The maximum Gasteiger partial charge on any atom is 0.0530 e. The number of aliphatic hydroxyl groups excluding tert-OH is 2. The zero-order valence-electron chi connectivity index (χ0n) is 4.59. The van der Waals surface area contributed by atoms with Crippen LogP contribution in [0, 0.1) is 0 Å². The lowest BCUT2D eigenvalue weighted by Crippen LogP contribution is -2.06. The van der Waals surface area contributed by atoms with Gasteiger partial charge in [0.2, 0.25) is 0 Å². The van der Waals surface area contributed by atoms with Gasteiger partial charge in [0.1, 0.15) is 0 Å². The van der Waals surface area contributed by atoms with Crippen molar-refractivity contribution in [1.82, 2.24) is 0 Å². The second-order valence-electron chi connectivity index (χ2n) is 1.57.